The number of ether oxygens (including phenoxy) is 1. The van der Waals surface area contributed by atoms with E-state index in [1.54, 1.807) is 0 Å². The van der Waals surface area contributed by atoms with Crippen LogP contribution in [0.25, 0.3) is 15.6 Å². The summed E-state index contributed by atoms with van der Waals surface area (Å²) in [5.41, 5.74) is 4.88. The van der Waals surface area contributed by atoms with Crippen molar-refractivity contribution >= 4 is 22.3 Å². The maximum absolute atomic E-state index is 7.38. The van der Waals surface area contributed by atoms with Crippen LogP contribution in [0.1, 0.15) is 42.5 Å². The van der Waals surface area contributed by atoms with Crippen molar-refractivity contribution in [3.05, 3.63) is 64.6 Å². The van der Waals surface area contributed by atoms with Gasteiger partial charge in [0, 0.05) is 48.2 Å². The molecule has 0 bridgehead atoms. The first-order valence-electron chi connectivity index (χ1n) is 14.1. The van der Waals surface area contributed by atoms with E-state index in [9.17, 15) is 0 Å². The normalized spacial score (nSPS) is 21.9. The summed E-state index contributed by atoms with van der Waals surface area (Å²) in [6, 6.07) is 14.2. The lowest BCUT2D eigenvalue weighted by molar-refractivity contribution is 0.187. The lowest BCUT2D eigenvalue weighted by atomic mass is 9.96. The molecule has 38 heavy (non-hydrogen) atoms. The number of benzene rings is 2. The summed E-state index contributed by atoms with van der Waals surface area (Å²) < 4.78 is 6.30. The van der Waals surface area contributed by atoms with Gasteiger partial charge < -0.3 is 24.3 Å². The van der Waals surface area contributed by atoms with Crippen LogP contribution >= 0.6 is 0 Å². The van der Waals surface area contributed by atoms with E-state index in [1.165, 1.54) is 34.0 Å². The van der Waals surface area contributed by atoms with Crippen molar-refractivity contribution in [2.75, 3.05) is 56.2 Å². The SMILES string of the molecule is [C-]#[N+]C[C@@H]1CCCN(c2nc(OC[C@@H]3CCCN3C)nc3c2CCN(c2cc(C)cc4ccccc24)C3)C1. The summed E-state index contributed by atoms with van der Waals surface area (Å²) in [5, 5.41) is 2.56. The molecule has 2 fully saturated rings. The number of piperidine rings is 1. The molecule has 0 amide bonds. The minimum absolute atomic E-state index is 0.405. The van der Waals surface area contributed by atoms with E-state index in [4.69, 9.17) is 21.3 Å². The molecule has 3 aliphatic rings. The van der Waals surface area contributed by atoms with Gasteiger partial charge in [0.05, 0.1) is 12.2 Å². The third-order valence-corrected chi connectivity index (χ3v) is 8.59. The summed E-state index contributed by atoms with van der Waals surface area (Å²) in [4.78, 5) is 21.0. The van der Waals surface area contributed by atoms with Crippen molar-refractivity contribution in [2.24, 2.45) is 5.92 Å². The molecule has 6 rings (SSSR count). The summed E-state index contributed by atoms with van der Waals surface area (Å²) >= 11 is 0. The molecule has 7 heteroatoms. The largest absolute Gasteiger partial charge is 0.462 e. The number of anilines is 2. The Kier molecular flexibility index (Phi) is 7.08. The Labute approximate surface area is 226 Å². The molecular weight excluding hydrogens is 472 g/mol. The highest BCUT2D eigenvalue weighted by molar-refractivity contribution is 5.95. The first-order chi connectivity index (χ1) is 18.6. The van der Waals surface area contributed by atoms with Crippen molar-refractivity contribution in [3.63, 3.8) is 0 Å². The average molecular weight is 511 g/mol. The fourth-order valence-electron chi connectivity index (χ4n) is 6.51. The Bertz CT molecular complexity index is 1350. The molecule has 198 valence electrons. The van der Waals surface area contributed by atoms with E-state index in [1.807, 2.05) is 0 Å². The molecule has 0 N–H and O–H groups in total. The highest BCUT2D eigenvalue weighted by Gasteiger charge is 2.30. The van der Waals surface area contributed by atoms with Gasteiger partial charge in [-0.2, -0.15) is 9.97 Å². The number of fused-ring (bicyclic) bond motifs is 2. The van der Waals surface area contributed by atoms with Crippen LogP contribution in [0.4, 0.5) is 11.5 Å². The molecule has 3 aromatic rings. The minimum Gasteiger partial charge on any atom is -0.462 e. The molecule has 0 unspecified atom stereocenters. The van der Waals surface area contributed by atoms with E-state index < -0.39 is 0 Å². The van der Waals surface area contributed by atoms with Crippen LogP contribution in [0, 0.1) is 19.4 Å². The summed E-state index contributed by atoms with van der Waals surface area (Å²) in [6.07, 6.45) is 5.51. The van der Waals surface area contributed by atoms with Gasteiger partial charge in [-0.25, -0.2) is 6.57 Å². The molecule has 2 saturated heterocycles. The Morgan fingerprint density at radius 1 is 1.05 bits per heavy atom. The molecule has 1 aromatic heterocycles. The van der Waals surface area contributed by atoms with Crippen molar-refractivity contribution in [1.82, 2.24) is 14.9 Å². The van der Waals surface area contributed by atoms with E-state index in [2.05, 4.69) is 69.9 Å². The highest BCUT2D eigenvalue weighted by atomic mass is 16.5. The maximum atomic E-state index is 7.38. The van der Waals surface area contributed by atoms with Gasteiger partial charge in [0.25, 0.3) is 0 Å². The molecule has 4 heterocycles. The second-order valence-electron chi connectivity index (χ2n) is 11.3. The zero-order chi connectivity index (χ0) is 26.1. The summed E-state index contributed by atoms with van der Waals surface area (Å²) in [5.74, 6) is 1.44. The van der Waals surface area contributed by atoms with Gasteiger partial charge in [0.2, 0.25) is 6.54 Å². The number of aromatic nitrogens is 2. The van der Waals surface area contributed by atoms with E-state index in [-0.39, 0.29) is 0 Å². The molecule has 2 aromatic carbocycles. The second-order valence-corrected chi connectivity index (χ2v) is 11.3. The zero-order valence-electron chi connectivity index (χ0n) is 22.7. The summed E-state index contributed by atoms with van der Waals surface area (Å²) in [6.45, 7) is 15.4. The third kappa shape index (κ3) is 5.02. The van der Waals surface area contributed by atoms with Crippen molar-refractivity contribution < 1.29 is 4.74 Å². The quantitative estimate of drug-likeness (QED) is 0.430. The van der Waals surface area contributed by atoms with Crippen molar-refractivity contribution in [3.8, 4) is 6.01 Å². The van der Waals surface area contributed by atoms with Crippen LogP contribution in [-0.2, 0) is 13.0 Å². The molecule has 0 radical (unpaired) electrons. The maximum Gasteiger partial charge on any atom is 0.318 e. The topological polar surface area (TPSA) is 49.1 Å². The Morgan fingerprint density at radius 2 is 1.92 bits per heavy atom. The molecule has 2 atom stereocenters. The van der Waals surface area contributed by atoms with E-state index in [0.717, 1.165) is 69.9 Å². The Balaban J connectivity index is 1.33. The lowest BCUT2D eigenvalue weighted by Crippen LogP contribution is -2.39. The highest BCUT2D eigenvalue weighted by Crippen LogP contribution is 2.36. The predicted octanol–water partition coefficient (Wildman–Crippen LogP) is 5.11. The molecule has 3 aliphatic heterocycles. The monoisotopic (exact) mass is 510 g/mol. The van der Waals surface area contributed by atoms with Gasteiger partial charge in [-0.3, -0.25) is 0 Å². The van der Waals surface area contributed by atoms with Crippen molar-refractivity contribution in [2.45, 2.75) is 51.6 Å². The van der Waals surface area contributed by atoms with Gasteiger partial charge in [0.15, 0.2) is 0 Å². The van der Waals surface area contributed by atoms with Crippen LogP contribution in [0.3, 0.4) is 0 Å². The smallest absolute Gasteiger partial charge is 0.318 e. The fourth-order valence-corrected chi connectivity index (χ4v) is 6.51. The first kappa shape index (κ1) is 24.9. The number of likely N-dealkylation sites (N-methyl/N-ethyl adjacent to an activating group) is 1. The van der Waals surface area contributed by atoms with Crippen LogP contribution in [-0.4, -0.2) is 67.3 Å². The van der Waals surface area contributed by atoms with Gasteiger partial charge in [0.1, 0.15) is 12.4 Å². The van der Waals surface area contributed by atoms with Crippen LogP contribution < -0.4 is 14.5 Å². The molecular formula is C31H38N6O. The van der Waals surface area contributed by atoms with Crippen molar-refractivity contribution in [1.29, 1.82) is 0 Å². The Hall–Kier alpha value is -3.37. The van der Waals surface area contributed by atoms with Gasteiger partial charge in [-0.15, -0.1) is 0 Å². The third-order valence-electron chi connectivity index (χ3n) is 8.59. The molecule has 0 spiro atoms. The summed E-state index contributed by atoms with van der Waals surface area (Å²) in [7, 11) is 2.18. The number of hydrogen-bond acceptors (Lipinski definition) is 6. The fraction of sp³-hybridized carbons (Fsp3) is 0.516. The molecule has 7 nitrogen and oxygen atoms in total. The second kappa shape index (κ2) is 10.8. The number of aryl methyl sites for hydroxylation is 1. The van der Waals surface area contributed by atoms with E-state index >= 15 is 0 Å². The van der Waals surface area contributed by atoms with Gasteiger partial charge >= 0.3 is 6.01 Å². The number of rotatable bonds is 6. The standard InChI is InChI=1S/C31H38N6O/c1-22-16-24-9-4-5-11-26(24)29(17-22)36-15-12-27-28(20-36)33-31(38-21-25-10-7-13-35(25)3)34-30(27)37-14-6-8-23(19-37)18-32-2/h4-5,9,11,16-17,23,25H,6-8,10,12-15,18-21H2,1,3H3/t23-,25-/m0/s1. The van der Waals surface area contributed by atoms with Gasteiger partial charge in [-0.05, 0) is 69.6 Å². The lowest BCUT2D eigenvalue weighted by Gasteiger charge is -2.36. The van der Waals surface area contributed by atoms with Gasteiger partial charge in [-0.1, -0.05) is 30.3 Å². The van der Waals surface area contributed by atoms with Crippen LogP contribution in [0.15, 0.2) is 36.4 Å². The van der Waals surface area contributed by atoms with E-state index in [0.29, 0.717) is 31.1 Å². The average Bonchev–Trinajstić information content (AvgIpc) is 3.35. The first-order valence-corrected chi connectivity index (χ1v) is 14.1. The van der Waals surface area contributed by atoms with Crippen LogP contribution in [0.2, 0.25) is 0 Å². The number of likely N-dealkylation sites (tertiary alicyclic amines) is 1. The predicted molar refractivity (Wildman–Crippen MR) is 153 cm³/mol. The molecule has 0 saturated carbocycles. The zero-order valence-corrected chi connectivity index (χ0v) is 22.7. The number of nitrogens with zero attached hydrogens (tertiary/aromatic N) is 6. The number of hydrogen-bond donors (Lipinski definition) is 0. The minimum atomic E-state index is 0.405. The Morgan fingerprint density at radius 3 is 2.76 bits per heavy atom. The van der Waals surface area contributed by atoms with Crippen LogP contribution in [0.5, 0.6) is 6.01 Å². The molecule has 0 aliphatic carbocycles.